The van der Waals surface area contributed by atoms with Crippen molar-refractivity contribution in [3.8, 4) is 0 Å². The zero-order valence-corrected chi connectivity index (χ0v) is 16.3. The van der Waals surface area contributed by atoms with Crippen LogP contribution in [0.2, 0.25) is 0 Å². The number of nitrogens with zero attached hydrogens (tertiary/aromatic N) is 4. The Balaban J connectivity index is 1.94. The quantitative estimate of drug-likeness (QED) is 0.749. The van der Waals surface area contributed by atoms with Gasteiger partial charge in [-0.1, -0.05) is 32.0 Å². The number of hydrogen-bond donors (Lipinski definition) is 1. The molecule has 1 aliphatic heterocycles. The SMILES string of the molecule is CC1CC(C)CN(c2nc3c(c(=O)[nH]c(=O)n3C)n2Cc2ccccc2F)C1. The van der Waals surface area contributed by atoms with E-state index < -0.39 is 11.2 Å². The lowest BCUT2D eigenvalue weighted by molar-refractivity contribution is 0.352. The lowest BCUT2D eigenvalue weighted by atomic mass is 9.92. The van der Waals surface area contributed by atoms with E-state index in [1.165, 1.54) is 10.6 Å². The zero-order valence-electron chi connectivity index (χ0n) is 16.3. The van der Waals surface area contributed by atoms with Gasteiger partial charge in [-0.2, -0.15) is 4.98 Å². The normalized spacial score (nSPS) is 20.1. The van der Waals surface area contributed by atoms with Crippen LogP contribution in [-0.4, -0.2) is 32.2 Å². The molecule has 28 heavy (non-hydrogen) atoms. The first-order valence-electron chi connectivity index (χ1n) is 9.53. The maximum Gasteiger partial charge on any atom is 0.329 e. The van der Waals surface area contributed by atoms with Gasteiger partial charge in [-0.15, -0.1) is 0 Å². The second-order valence-electron chi connectivity index (χ2n) is 7.93. The van der Waals surface area contributed by atoms with Crippen LogP contribution in [0.25, 0.3) is 11.2 Å². The van der Waals surface area contributed by atoms with Crippen LogP contribution in [-0.2, 0) is 13.6 Å². The molecule has 1 fully saturated rings. The van der Waals surface area contributed by atoms with E-state index in [9.17, 15) is 14.0 Å². The summed E-state index contributed by atoms with van der Waals surface area (Å²) in [5.41, 5.74) is 0.0397. The van der Waals surface area contributed by atoms with Gasteiger partial charge < -0.3 is 4.90 Å². The third kappa shape index (κ3) is 3.12. The minimum Gasteiger partial charge on any atom is -0.342 e. The maximum atomic E-state index is 14.3. The Labute approximate surface area is 161 Å². The van der Waals surface area contributed by atoms with Crippen molar-refractivity contribution in [3.63, 3.8) is 0 Å². The fourth-order valence-electron chi connectivity index (χ4n) is 4.24. The molecule has 0 aliphatic carbocycles. The standard InChI is InChI=1S/C20H24FN5O2/c1-12-8-13(2)10-25(9-12)19-22-17-16(18(27)23-20(28)24(17)3)26(19)11-14-6-4-5-7-15(14)21/h4-7,12-13H,8-11H2,1-3H3,(H,23,27,28). The van der Waals surface area contributed by atoms with Crippen LogP contribution >= 0.6 is 0 Å². The summed E-state index contributed by atoms with van der Waals surface area (Å²) < 4.78 is 17.4. The van der Waals surface area contributed by atoms with Crippen LogP contribution in [0.3, 0.4) is 0 Å². The predicted molar refractivity (Wildman–Crippen MR) is 106 cm³/mol. The van der Waals surface area contributed by atoms with Gasteiger partial charge in [0.15, 0.2) is 11.2 Å². The molecule has 4 rings (SSSR count). The fourth-order valence-corrected chi connectivity index (χ4v) is 4.24. The number of halogens is 1. The largest absolute Gasteiger partial charge is 0.342 e. The molecular weight excluding hydrogens is 361 g/mol. The van der Waals surface area contributed by atoms with E-state index in [4.69, 9.17) is 0 Å². The van der Waals surface area contributed by atoms with Gasteiger partial charge in [-0.25, -0.2) is 9.18 Å². The van der Waals surface area contributed by atoms with Gasteiger partial charge in [0.05, 0.1) is 6.54 Å². The van der Waals surface area contributed by atoms with Crippen LogP contribution in [0.4, 0.5) is 10.3 Å². The van der Waals surface area contributed by atoms with Crippen molar-refractivity contribution >= 4 is 17.1 Å². The number of fused-ring (bicyclic) bond motifs is 1. The van der Waals surface area contributed by atoms with E-state index in [1.54, 1.807) is 29.8 Å². The predicted octanol–water partition coefficient (Wildman–Crippen LogP) is 2.09. The molecule has 2 aromatic heterocycles. The zero-order chi connectivity index (χ0) is 20.0. The van der Waals surface area contributed by atoms with E-state index in [-0.39, 0.29) is 17.9 Å². The molecule has 0 spiro atoms. The number of aromatic amines is 1. The van der Waals surface area contributed by atoms with E-state index in [1.807, 2.05) is 0 Å². The molecule has 3 heterocycles. The van der Waals surface area contributed by atoms with Crippen LogP contribution in [0.15, 0.2) is 33.9 Å². The molecule has 1 aliphatic rings. The lowest BCUT2D eigenvalue weighted by Gasteiger charge is -2.35. The minimum atomic E-state index is -0.514. The van der Waals surface area contributed by atoms with Crippen LogP contribution in [0, 0.1) is 17.7 Å². The van der Waals surface area contributed by atoms with E-state index in [2.05, 4.69) is 28.7 Å². The van der Waals surface area contributed by atoms with E-state index in [0.717, 1.165) is 19.5 Å². The summed E-state index contributed by atoms with van der Waals surface area (Å²) in [5.74, 6) is 1.22. The first-order valence-corrected chi connectivity index (χ1v) is 9.53. The average Bonchev–Trinajstić information content (AvgIpc) is 3.01. The van der Waals surface area contributed by atoms with Gasteiger partial charge in [0, 0.05) is 25.7 Å². The number of benzene rings is 1. The second kappa shape index (κ2) is 6.92. The molecule has 0 radical (unpaired) electrons. The molecule has 7 nitrogen and oxygen atoms in total. The van der Waals surface area contributed by atoms with Crippen molar-refractivity contribution in [1.82, 2.24) is 19.1 Å². The monoisotopic (exact) mass is 385 g/mol. The Kier molecular flexibility index (Phi) is 4.56. The molecule has 1 aromatic carbocycles. The summed E-state index contributed by atoms with van der Waals surface area (Å²) in [5, 5.41) is 0. The average molecular weight is 385 g/mol. The van der Waals surface area contributed by atoms with Crippen LogP contribution < -0.4 is 16.1 Å². The number of imidazole rings is 1. The summed E-state index contributed by atoms with van der Waals surface area (Å²) >= 11 is 0. The fraction of sp³-hybridized carbons (Fsp3) is 0.450. The summed E-state index contributed by atoms with van der Waals surface area (Å²) in [6, 6.07) is 6.50. The maximum absolute atomic E-state index is 14.3. The molecule has 2 atom stereocenters. The molecule has 0 amide bonds. The first-order chi connectivity index (χ1) is 13.3. The van der Waals surface area contributed by atoms with Crippen LogP contribution in [0.5, 0.6) is 0 Å². The number of rotatable bonds is 3. The summed E-state index contributed by atoms with van der Waals surface area (Å²) in [4.78, 5) is 33.8. The van der Waals surface area contributed by atoms with Gasteiger partial charge in [-0.05, 0) is 24.3 Å². The van der Waals surface area contributed by atoms with Gasteiger partial charge in [0.25, 0.3) is 5.56 Å². The number of aromatic nitrogens is 4. The molecule has 0 bridgehead atoms. The Bertz CT molecular complexity index is 1140. The summed E-state index contributed by atoms with van der Waals surface area (Å²) in [6.45, 7) is 6.15. The van der Waals surface area contributed by atoms with Gasteiger partial charge >= 0.3 is 5.69 Å². The highest BCUT2D eigenvalue weighted by Gasteiger charge is 2.28. The number of nitrogens with one attached hydrogen (secondary N) is 1. The smallest absolute Gasteiger partial charge is 0.329 e. The molecular formula is C20H24FN5O2. The molecule has 2 unspecified atom stereocenters. The summed E-state index contributed by atoms with van der Waals surface area (Å²) in [6.07, 6.45) is 1.13. The molecule has 3 aromatic rings. The van der Waals surface area contributed by atoms with Crippen LogP contribution in [0.1, 0.15) is 25.8 Å². The topological polar surface area (TPSA) is 75.9 Å². The van der Waals surface area contributed by atoms with Gasteiger partial charge in [0.1, 0.15) is 5.82 Å². The van der Waals surface area contributed by atoms with E-state index in [0.29, 0.717) is 29.0 Å². The molecule has 8 heteroatoms. The van der Waals surface area contributed by atoms with E-state index >= 15 is 0 Å². The highest BCUT2D eigenvalue weighted by Crippen LogP contribution is 2.28. The van der Waals surface area contributed by atoms with Gasteiger partial charge in [-0.3, -0.25) is 18.9 Å². The number of piperidine rings is 1. The third-order valence-corrected chi connectivity index (χ3v) is 5.42. The van der Waals surface area contributed by atoms with Crippen molar-refractivity contribution in [2.24, 2.45) is 18.9 Å². The molecule has 148 valence electrons. The lowest BCUT2D eigenvalue weighted by Crippen LogP contribution is -2.40. The Morgan fingerprint density at radius 1 is 1.18 bits per heavy atom. The third-order valence-electron chi connectivity index (χ3n) is 5.42. The molecule has 1 saturated heterocycles. The molecule has 0 saturated carbocycles. The van der Waals surface area contributed by atoms with Gasteiger partial charge in [0.2, 0.25) is 5.95 Å². The van der Waals surface area contributed by atoms with Crippen molar-refractivity contribution in [3.05, 3.63) is 56.5 Å². The second-order valence-corrected chi connectivity index (χ2v) is 7.93. The number of aryl methyl sites for hydroxylation is 1. The number of hydrogen-bond acceptors (Lipinski definition) is 4. The first kappa shape index (κ1) is 18.5. The summed E-state index contributed by atoms with van der Waals surface area (Å²) in [7, 11) is 1.58. The minimum absolute atomic E-state index is 0.166. The number of H-pyrrole nitrogens is 1. The Morgan fingerprint density at radius 2 is 1.86 bits per heavy atom. The van der Waals surface area contributed by atoms with Crippen molar-refractivity contribution in [2.75, 3.05) is 18.0 Å². The van der Waals surface area contributed by atoms with Crippen molar-refractivity contribution < 1.29 is 4.39 Å². The van der Waals surface area contributed by atoms with Crippen molar-refractivity contribution in [1.29, 1.82) is 0 Å². The Hall–Kier alpha value is -2.90. The molecule has 1 N–H and O–H groups in total. The highest BCUT2D eigenvalue weighted by atomic mass is 19.1. The van der Waals surface area contributed by atoms with Crippen molar-refractivity contribution in [2.45, 2.75) is 26.8 Å². The highest BCUT2D eigenvalue weighted by molar-refractivity contribution is 5.74. The number of anilines is 1. The Morgan fingerprint density at radius 3 is 2.54 bits per heavy atom.